The van der Waals surface area contributed by atoms with Crippen LogP contribution in [0.15, 0.2) is 27.4 Å². The first-order chi connectivity index (χ1) is 7.81. The van der Waals surface area contributed by atoms with Gasteiger partial charge in [-0.2, -0.15) is 0 Å². The van der Waals surface area contributed by atoms with Gasteiger partial charge in [-0.3, -0.25) is 4.98 Å². The Kier molecular flexibility index (Phi) is 3.44. The van der Waals surface area contributed by atoms with E-state index in [0.717, 1.165) is 36.8 Å². The smallest absolute Gasteiger partial charge is 0.408 e. The largest absolute Gasteiger partial charge is 0.417 e. The molecule has 16 heavy (non-hydrogen) atoms. The fourth-order valence-corrected chi connectivity index (χ4v) is 1.91. The number of aryl methyl sites for hydroxylation is 1. The minimum absolute atomic E-state index is 0.375. The van der Waals surface area contributed by atoms with Crippen LogP contribution in [0, 0.1) is 6.92 Å². The van der Waals surface area contributed by atoms with Gasteiger partial charge < -0.3 is 4.42 Å². The zero-order valence-corrected chi connectivity index (χ0v) is 9.29. The molecule has 0 aliphatic rings. The second-order valence-electron chi connectivity index (χ2n) is 3.97. The molecule has 0 fully saturated rings. The summed E-state index contributed by atoms with van der Waals surface area (Å²) in [4.78, 5) is 13.8. The van der Waals surface area contributed by atoms with Gasteiger partial charge in [0.2, 0.25) is 0 Å². The Morgan fingerprint density at radius 1 is 1.25 bits per heavy atom. The summed E-state index contributed by atoms with van der Waals surface area (Å²) in [6, 6.07) is 5.78. The minimum Gasteiger partial charge on any atom is -0.408 e. The highest BCUT2D eigenvalue weighted by Gasteiger charge is 2.05. The first-order valence-corrected chi connectivity index (χ1v) is 5.71. The fourth-order valence-electron chi connectivity index (χ4n) is 1.91. The van der Waals surface area contributed by atoms with E-state index in [-0.39, 0.29) is 5.76 Å². The number of H-pyrrole nitrogens is 1. The van der Waals surface area contributed by atoms with Crippen LogP contribution in [0.2, 0.25) is 0 Å². The maximum absolute atomic E-state index is 11.1. The number of oxazole rings is 1. The van der Waals surface area contributed by atoms with Gasteiger partial charge in [-0.1, -0.05) is 38.3 Å². The van der Waals surface area contributed by atoms with Crippen LogP contribution >= 0.6 is 0 Å². The van der Waals surface area contributed by atoms with Crippen LogP contribution < -0.4 is 5.76 Å². The van der Waals surface area contributed by atoms with Crippen LogP contribution in [0.1, 0.15) is 31.2 Å². The lowest BCUT2D eigenvalue weighted by molar-refractivity contribution is 0.555. The van der Waals surface area contributed by atoms with Gasteiger partial charge in [-0.15, -0.1) is 0 Å². The highest BCUT2D eigenvalue weighted by Crippen LogP contribution is 2.17. The lowest BCUT2D eigenvalue weighted by Gasteiger charge is -2.01. The molecule has 0 bridgehead atoms. The number of hydrogen-bond donors (Lipinski definition) is 1. The molecule has 0 atom stereocenters. The number of para-hydroxylation sites is 1. The zero-order valence-electron chi connectivity index (χ0n) is 9.29. The maximum atomic E-state index is 11.1. The summed E-state index contributed by atoms with van der Waals surface area (Å²) in [5.74, 6) is -0.375. The molecule has 0 amide bonds. The zero-order chi connectivity index (χ0) is 11.4. The van der Waals surface area contributed by atoms with Crippen molar-refractivity contribution in [3.63, 3.8) is 0 Å². The SMILES string of the molecule is [CH2]CCCCCc1cccc2oc(=O)[nH]c12. The van der Waals surface area contributed by atoms with Crippen LogP contribution in [0.4, 0.5) is 0 Å². The Morgan fingerprint density at radius 3 is 2.94 bits per heavy atom. The molecule has 3 nitrogen and oxygen atoms in total. The quantitative estimate of drug-likeness (QED) is 0.784. The Bertz CT molecular complexity index is 510. The second kappa shape index (κ2) is 5.01. The van der Waals surface area contributed by atoms with Crippen molar-refractivity contribution in [1.82, 2.24) is 4.98 Å². The second-order valence-corrected chi connectivity index (χ2v) is 3.97. The van der Waals surface area contributed by atoms with Gasteiger partial charge in [0, 0.05) is 0 Å². The predicted molar refractivity (Wildman–Crippen MR) is 64.4 cm³/mol. The lowest BCUT2D eigenvalue weighted by Crippen LogP contribution is -1.95. The molecule has 1 radical (unpaired) electrons. The number of benzene rings is 1. The molecule has 3 heteroatoms. The predicted octanol–water partition coefficient (Wildman–Crippen LogP) is 3.06. The Morgan fingerprint density at radius 2 is 2.12 bits per heavy atom. The van der Waals surface area contributed by atoms with Crippen LogP contribution in [-0.2, 0) is 6.42 Å². The third kappa shape index (κ3) is 2.35. The summed E-state index contributed by atoms with van der Waals surface area (Å²) in [5, 5.41) is 0. The molecule has 2 rings (SSSR count). The number of aromatic nitrogens is 1. The topological polar surface area (TPSA) is 46.0 Å². The number of hydrogen-bond acceptors (Lipinski definition) is 2. The highest BCUT2D eigenvalue weighted by atomic mass is 16.4. The molecule has 1 heterocycles. The summed E-state index contributed by atoms with van der Waals surface area (Å²) >= 11 is 0. The van der Waals surface area contributed by atoms with Crippen molar-refractivity contribution < 1.29 is 4.42 Å². The summed E-state index contributed by atoms with van der Waals surface area (Å²) in [5.41, 5.74) is 2.66. The van der Waals surface area contributed by atoms with E-state index in [1.807, 2.05) is 18.2 Å². The normalized spacial score (nSPS) is 11.1. The number of rotatable bonds is 5. The van der Waals surface area contributed by atoms with Crippen molar-refractivity contribution in [3.05, 3.63) is 41.2 Å². The highest BCUT2D eigenvalue weighted by molar-refractivity contribution is 5.75. The van der Waals surface area contributed by atoms with Gasteiger partial charge in [0.25, 0.3) is 0 Å². The summed E-state index contributed by atoms with van der Waals surface area (Å²) in [7, 11) is 0. The molecule has 1 N–H and O–H groups in total. The standard InChI is InChI=1S/C13H16NO2/c1-2-3-4-5-7-10-8-6-9-11-12(10)14-13(15)16-11/h6,8-9H,1-5,7H2,(H,14,15). The van der Waals surface area contributed by atoms with E-state index < -0.39 is 0 Å². The Balaban J connectivity index is 2.14. The first-order valence-electron chi connectivity index (χ1n) is 5.71. The van der Waals surface area contributed by atoms with E-state index in [4.69, 9.17) is 4.42 Å². The van der Waals surface area contributed by atoms with Crippen LogP contribution in [0.5, 0.6) is 0 Å². The van der Waals surface area contributed by atoms with Gasteiger partial charge >= 0.3 is 5.76 Å². The van der Waals surface area contributed by atoms with Crippen molar-refractivity contribution >= 4 is 11.1 Å². The molecule has 0 aliphatic carbocycles. The van der Waals surface area contributed by atoms with Gasteiger partial charge in [0.1, 0.15) is 0 Å². The fraction of sp³-hybridized carbons (Fsp3) is 0.385. The average molecular weight is 218 g/mol. The lowest BCUT2D eigenvalue weighted by atomic mass is 10.1. The van der Waals surface area contributed by atoms with E-state index >= 15 is 0 Å². The van der Waals surface area contributed by atoms with E-state index in [1.165, 1.54) is 6.42 Å². The van der Waals surface area contributed by atoms with E-state index in [2.05, 4.69) is 11.9 Å². The molecule has 1 aromatic heterocycles. The molecule has 0 saturated carbocycles. The Hall–Kier alpha value is -1.51. The van der Waals surface area contributed by atoms with Crippen LogP contribution in [-0.4, -0.2) is 4.98 Å². The summed E-state index contributed by atoms with van der Waals surface area (Å²) in [6.07, 6.45) is 5.45. The molecule has 0 saturated heterocycles. The van der Waals surface area contributed by atoms with Crippen LogP contribution in [0.25, 0.3) is 11.1 Å². The van der Waals surface area contributed by atoms with Crippen molar-refractivity contribution in [2.24, 2.45) is 0 Å². The van der Waals surface area contributed by atoms with Crippen molar-refractivity contribution in [1.29, 1.82) is 0 Å². The summed E-state index contributed by atoms with van der Waals surface area (Å²) in [6.45, 7) is 3.82. The summed E-state index contributed by atoms with van der Waals surface area (Å²) < 4.78 is 5.01. The maximum Gasteiger partial charge on any atom is 0.417 e. The van der Waals surface area contributed by atoms with Crippen molar-refractivity contribution in [2.75, 3.05) is 0 Å². The van der Waals surface area contributed by atoms with Crippen LogP contribution in [0.3, 0.4) is 0 Å². The third-order valence-electron chi connectivity index (χ3n) is 2.74. The number of aromatic amines is 1. The molecule has 1 aromatic carbocycles. The third-order valence-corrected chi connectivity index (χ3v) is 2.74. The first kappa shape index (κ1) is 11.0. The van der Waals surface area contributed by atoms with Gasteiger partial charge in [-0.05, 0) is 24.5 Å². The van der Waals surface area contributed by atoms with Crippen molar-refractivity contribution in [2.45, 2.75) is 32.1 Å². The Labute approximate surface area is 94.5 Å². The molecule has 85 valence electrons. The van der Waals surface area contributed by atoms with E-state index in [1.54, 1.807) is 0 Å². The molecular formula is C13H16NO2. The monoisotopic (exact) mass is 218 g/mol. The van der Waals surface area contributed by atoms with Gasteiger partial charge in [0.15, 0.2) is 5.58 Å². The van der Waals surface area contributed by atoms with Gasteiger partial charge in [-0.25, -0.2) is 4.79 Å². The molecular weight excluding hydrogens is 202 g/mol. The van der Waals surface area contributed by atoms with E-state index in [0.29, 0.717) is 5.58 Å². The molecule has 0 unspecified atom stereocenters. The van der Waals surface area contributed by atoms with Crippen molar-refractivity contribution in [3.8, 4) is 0 Å². The molecule has 0 spiro atoms. The average Bonchev–Trinajstić information content (AvgIpc) is 2.65. The number of fused-ring (bicyclic) bond motifs is 1. The number of unbranched alkanes of at least 4 members (excludes halogenated alkanes) is 3. The van der Waals surface area contributed by atoms with E-state index in [9.17, 15) is 4.79 Å². The number of nitrogens with one attached hydrogen (secondary N) is 1. The minimum atomic E-state index is -0.375. The van der Waals surface area contributed by atoms with Gasteiger partial charge in [0.05, 0.1) is 5.52 Å². The molecule has 2 aromatic rings. The molecule has 0 aliphatic heterocycles.